The molecule has 2 aromatic carbocycles. The second-order valence-corrected chi connectivity index (χ2v) is 9.30. The molecule has 0 N–H and O–H groups in total. The molecule has 1 aromatic heterocycles. The number of nitrogens with zero attached hydrogens (tertiary/aromatic N) is 3. The summed E-state index contributed by atoms with van der Waals surface area (Å²) < 4.78 is 13.5. The third-order valence-electron chi connectivity index (χ3n) is 6.52. The summed E-state index contributed by atoms with van der Waals surface area (Å²) in [4.78, 5) is 15.3. The molecule has 0 atom stereocenters. The summed E-state index contributed by atoms with van der Waals surface area (Å²) in [5.74, 6) is 2.47. The summed E-state index contributed by atoms with van der Waals surface area (Å²) in [6.07, 6.45) is 5.27. The van der Waals surface area contributed by atoms with Crippen LogP contribution in [-0.4, -0.2) is 33.7 Å². The molecular weight excluding hydrogens is 438 g/mol. The van der Waals surface area contributed by atoms with Crippen molar-refractivity contribution in [3.63, 3.8) is 0 Å². The van der Waals surface area contributed by atoms with E-state index in [1.807, 2.05) is 55.5 Å². The smallest absolute Gasteiger partial charge is 0.227 e. The molecule has 2 saturated carbocycles. The number of amides is 1. The molecular formula is C26H28ClN3O3. The van der Waals surface area contributed by atoms with Crippen molar-refractivity contribution < 1.29 is 14.3 Å². The van der Waals surface area contributed by atoms with Crippen molar-refractivity contribution in [3.8, 4) is 23.1 Å². The first-order valence-corrected chi connectivity index (χ1v) is 11.9. The summed E-state index contributed by atoms with van der Waals surface area (Å²) in [5, 5.41) is 5.42. The molecule has 1 amide bonds. The van der Waals surface area contributed by atoms with E-state index in [9.17, 15) is 4.79 Å². The van der Waals surface area contributed by atoms with Crippen molar-refractivity contribution in [3.05, 3.63) is 64.8 Å². The normalized spacial score (nSPS) is 15.7. The highest BCUT2D eigenvalue weighted by Crippen LogP contribution is 2.38. The van der Waals surface area contributed by atoms with E-state index in [0.717, 1.165) is 54.8 Å². The van der Waals surface area contributed by atoms with Crippen molar-refractivity contribution in [1.29, 1.82) is 0 Å². The molecule has 33 heavy (non-hydrogen) atoms. The van der Waals surface area contributed by atoms with Gasteiger partial charge in [0.1, 0.15) is 11.5 Å². The number of methoxy groups -OCH3 is 1. The minimum absolute atomic E-state index is 0.167. The van der Waals surface area contributed by atoms with Crippen LogP contribution in [-0.2, 0) is 11.3 Å². The fraction of sp³-hybridized carbons (Fsp3) is 0.385. The first-order chi connectivity index (χ1) is 16.0. The van der Waals surface area contributed by atoms with Crippen LogP contribution in [0.4, 0.5) is 0 Å². The first-order valence-electron chi connectivity index (χ1n) is 11.5. The molecule has 2 fully saturated rings. The van der Waals surface area contributed by atoms with Crippen LogP contribution in [0.1, 0.15) is 43.4 Å². The Hall–Kier alpha value is -2.99. The zero-order chi connectivity index (χ0) is 22.9. The third kappa shape index (κ3) is 4.58. The number of ether oxygens (including phenoxy) is 2. The summed E-state index contributed by atoms with van der Waals surface area (Å²) in [6, 6.07) is 15.3. The number of hydrogen-bond acceptors (Lipinski definition) is 4. The van der Waals surface area contributed by atoms with Gasteiger partial charge in [0.15, 0.2) is 0 Å². The molecule has 1 heterocycles. The molecule has 3 aromatic rings. The average molecular weight is 466 g/mol. The summed E-state index contributed by atoms with van der Waals surface area (Å²) >= 11 is 6.27. The van der Waals surface area contributed by atoms with Crippen molar-refractivity contribution in [2.75, 3.05) is 7.11 Å². The molecule has 0 saturated heterocycles. The van der Waals surface area contributed by atoms with E-state index in [1.165, 1.54) is 0 Å². The molecule has 0 aliphatic heterocycles. The van der Waals surface area contributed by atoms with E-state index in [1.54, 1.807) is 11.8 Å². The molecule has 172 valence electrons. The molecule has 7 heteroatoms. The predicted molar refractivity (Wildman–Crippen MR) is 127 cm³/mol. The lowest BCUT2D eigenvalue weighted by Gasteiger charge is -2.32. The molecule has 6 nitrogen and oxygen atoms in total. The van der Waals surface area contributed by atoms with Crippen LogP contribution in [0.2, 0.25) is 5.02 Å². The number of aryl methyl sites for hydroxylation is 1. The second kappa shape index (κ2) is 9.10. The van der Waals surface area contributed by atoms with Gasteiger partial charge in [-0.3, -0.25) is 4.79 Å². The van der Waals surface area contributed by atoms with Crippen molar-refractivity contribution in [1.82, 2.24) is 14.7 Å². The number of halogens is 1. The minimum atomic E-state index is 0.167. The van der Waals surface area contributed by atoms with Gasteiger partial charge in [-0.25, -0.2) is 4.68 Å². The van der Waals surface area contributed by atoms with Crippen molar-refractivity contribution in [2.45, 2.75) is 51.6 Å². The van der Waals surface area contributed by atoms with Crippen LogP contribution in [0, 0.1) is 12.8 Å². The number of aromatic nitrogens is 2. The van der Waals surface area contributed by atoms with Crippen LogP contribution >= 0.6 is 11.6 Å². The monoisotopic (exact) mass is 465 g/mol. The Morgan fingerprint density at radius 2 is 1.85 bits per heavy atom. The van der Waals surface area contributed by atoms with Crippen molar-refractivity contribution >= 4 is 17.5 Å². The Morgan fingerprint density at radius 3 is 2.45 bits per heavy atom. The highest BCUT2D eigenvalue weighted by molar-refractivity contribution is 6.30. The molecule has 2 aliphatic carbocycles. The molecule has 0 bridgehead atoms. The maximum Gasteiger partial charge on any atom is 0.227 e. The minimum Gasteiger partial charge on any atom is -0.497 e. The van der Waals surface area contributed by atoms with Crippen molar-refractivity contribution in [2.24, 2.45) is 5.92 Å². The fourth-order valence-electron chi connectivity index (χ4n) is 4.20. The van der Waals surface area contributed by atoms with E-state index in [0.29, 0.717) is 29.2 Å². The Kier molecular flexibility index (Phi) is 6.02. The number of carbonyl (C=O) groups excluding carboxylic acids is 1. The van der Waals surface area contributed by atoms with Gasteiger partial charge in [-0.1, -0.05) is 24.1 Å². The van der Waals surface area contributed by atoms with Crippen LogP contribution in [0.3, 0.4) is 0 Å². The van der Waals surface area contributed by atoms with E-state index in [-0.39, 0.29) is 11.8 Å². The Bertz CT molecular complexity index is 1150. The number of rotatable bonds is 8. The van der Waals surface area contributed by atoms with Gasteiger partial charge in [-0.2, -0.15) is 5.10 Å². The van der Waals surface area contributed by atoms with Crippen LogP contribution in [0.5, 0.6) is 17.4 Å². The van der Waals surface area contributed by atoms with Crippen LogP contribution in [0.25, 0.3) is 5.69 Å². The highest BCUT2D eigenvalue weighted by Gasteiger charge is 2.39. The van der Waals surface area contributed by atoms with Gasteiger partial charge < -0.3 is 14.4 Å². The van der Waals surface area contributed by atoms with E-state index in [4.69, 9.17) is 26.2 Å². The van der Waals surface area contributed by atoms with Gasteiger partial charge in [0.25, 0.3) is 0 Å². The SMILES string of the molecule is COc1ccc(Oc2c(CN(C(=O)C3CCC3)C3CC3)c(C)nn2-c2cccc(Cl)c2)cc1. The maximum absolute atomic E-state index is 13.2. The molecule has 2 aliphatic rings. The van der Waals surface area contributed by atoms with Gasteiger partial charge >= 0.3 is 0 Å². The molecule has 0 unspecified atom stereocenters. The second-order valence-electron chi connectivity index (χ2n) is 8.86. The lowest BCUT2D eigenvalue weighted by atomic mass is 9.84. The summed E-state index contributed by atoms with van der Waals surface area (Å²) in [5.41, 5.74) is 2.57. The molecule has 0 radical (unpaired) electrons. The van der Waals surface area contributed by atoms with E-state index < -0.39 is 0 Å². The van der Waals surface area contributed by atoms with E-state index >= 15 is 0 Å². The standard InChI is InChI=1S/C26H28ClN3O3/c1-17-24(16-29(20-9-10-20)25(31)18-5-3-6-18)26(33-23-13-11-22(32-2)12-14-23)30(28-17)21-8-4-7-19(27)15-21/h4,7-8,11-15,18,20H,3,5-6,9-10,16H2,1-2H3. The predicted octanol–water partition coefficient (Wildman–Crippen LogP) is 5.93. The van der Waals surface area contributed by atoms with Gasteiger partial charge in [-0.15, -0.1) is 0 Å². The Balaban J connectivity index is 1.53. The van der Waals surface area contributed by atoms with Gasteiger partial charge in [0.05, 0.1) is 30.6 Å². The van der Waals surface area contributed by atoms with Gasteiger partial charge in [0.2, 0.25) is 11.8 Å². The average Bonchev–Trinajstić information content (AvgIpc) is 3.57. The van der Waals surface area contributed by atoms with E-state index in [2.05, 4.69) is 4.90 Å². The Morgan fingerprint density at radius 1 is 1.12 bits per heavy atom. The number of benzene rings is 2. The lowest BCUT2D eigenvalue weighted by molar-refractivity contribution is -0.139. The number of hydrogen-bond donors (Lipinski definition) is 0. The van der Waals surface area contributed by atoms with Gasteiger partial charge in [0, 0.05) is 17.0 Å². The summed E-state index contributed by atoms with van der Waals surface area (Å²) in [7, 11) is 1.64. The lowest BCUT2D eigenvalue weighted by Crippen LogP contribution is -2.40. The zero-order valence-corrected chi connectivity index (χ0v) is 19.7. The van der Waals surface area contributed by atoms with Gasteiger partial charge in [-0.05, 0) is 75.1 Å². The zero-order valence-electron chi connectivity index (χ0n) is 19.0. The third-order valence-corrected chi connectivity index (χ3v) is 6.75. The topological polar surface area (TPSA) is 56.6 Å². The fourth-order valence-corrected chi connectivity index (χ4v) is 4.38. The van der Waals surface area contributed by atoms with Crippen LogP contribution < -0.4 is 9.47 Å². The summed E-state index contributed by atoms with van der Waals surface area (Å²) in [6.45, 7) is 2.47. The Labute approximate surface area is 199 Å². The number of carbonyl (C=O) groups is 1. The quantitative estimate of drug-likeness (QED) is 0.414. The molecule has 5 rings (SSSR count). The highest BCUT2D eigenvalue weighted by atomic mass is 35.5. The largest absolute Gasteiger partial charge is 0.497 e. The van der Waals surface area contributed by atoms with Crippen LogP contribution in [0.15, 0.2) is 48.5 Å². The first kappa shape index (κ1) is 21.8. The maximum atomic E-state index is 13.2. The molecule has 0 spiro atoms.